The Balaban J connectivity index is 3.00. The zero-order valence-electron chi connectivity index (χ0n) is 8.21. The smallest absolute Gasteiger partial charge is 0.351 e. The maximum atomic E-state index is 12.5. The molecule has 3 N–H and O–H groups in total. The average Bonchev–Trinajstić information content (AvgIpc) is 2.24. The summed E-state index contributed by atoms with van der Waals surface area (Å²) in [5.74, 6) is -0.828. The van der Waals surface area contributed by atoms with Gasteiger partial charge in [0.15, 0.2) is 0 Å². The Morgan fingerprint density at radius 2 is 2.19 bits per heavy atom. The molecular weight excluding hydrogens is 223 g/mol. The number of carbonyl (C=O) groups is 1. The number of nitrogens with zero attached hydrogens (tertiary/aromatic N) is 1. The van der Waals surface area contributed by atoms with Crippen molar-refractivity contribution in [1.29, 1.82) is 0 Å². The van der Waals surface area contributed by atoms with E-state index in [4.69, 9.17) is 5.73 Å². The predicted octanol–water partition coefficient (Wildman–Crippen LogP) is 0.789. The minimum atomic E-state index is -4.57. The van der Waals surface area contributed by atoms with E-state index in [9.17, 15) is 18.0 Å². The van der Waals surface area contributed by atoms with Crippen LogP contribution < -0.4 is 11.1 Å². The standard InChI is InChI=1S/C9H10F3N3O/c10-9(11,12)7-1-3-14-5-6(7)8(16)15-4-2-13/h1,3,5H,2,4,13H2,(H,15,16). The number of rotatable bonds is 3. The summed E-state index contributed by atoms with van der Waals surface area (Å²) in [6.45, 7) is 0.276. The highest BCUT2D eigenvalue weighted by Gasteiger charge is 2.35. The van der Waals surface area contributed by atoms with Gasteiger partial charge in [0.2, 0.25) is 0 Å². The van der Waals surface area contributed by atoms with Gasteiger partial charge >= 0.3 is 6.18 Å². The Labute approximate surface area is 89.7 Å². The van der Waals surface area contributed by atoms with Gasteiger partial charge in [-0.25, -0.2) is 0 Å². The van der Waals surface area contributed by atoms with Crippen LogP contribution in [-0.2, 0) is 6.18 Å². The van der Waals surface area contributed by atoms with Crippen molar-refractivity contribution >= 4 is 5.91 Å². The Bertz CT molecular complexity index is 379. The zero-order valence-corrected chi connectivity index (χ0v) is 8.21. The van der Waals surface area contributed by atoms with Gasteiger partial charge in [-0.2, -0.15) is 13.2 Å². The van der Waals surface area contributed by atoms with Crippen molar-refractivity contribution in [2.45, 2.75) is 6.18 Å². The first-order valence-electron chi connectivity index (χ1n) is 4.46. The van der Waals surface area contributed by atoms with Crippen LogP contribution in [0.3, 0.4) is 0 Å². The van der Waals surface area contributed by atoms with Crippen LogP contribution >= 0.6 is 0 Å². The monoisotopic (exact) mass is 233 g/mol. The molecule has 0 aliphatic carbocycles. The van der Waals surface area contributed by atoms with Gasteiger partial charge in [0.05, 0.1) is 11.1 Å². The van der Waals surface area contributed by atoms with Crippen molar-refractivity contribution < 1.29 is 18.0 Å². The highest BCUT2D eigenvalue weighted by molar-refractivity contribution is 5.95. The first-order chi connectivity index (χ1) is 7.46. The van der Waals surface area contributed by atoms with Crippen molar-refractivity contribution in [3.05, 3.63) is 29.6 Å². The van der Waals surface area contributed by atoms with E-state index in [0.29, 0.717) is 0 Å². The third-order valence-electron chi connectivity index (χ3n) is 1.80. The molecule has 0 saturated carbocycles. The molecular formula is C9H10F3N3O. The lowest BCUT2D eigenvalue weighted by atomic mass is 10.1. The molecule has 0 unspecified atom stereocenters. The maximum Gasteiger partial charge on any atom is 0.417 e. The van der Waals surface area contributed by atoms with Gasteiger partial charge in [-0.05, 0) is 6.07 Å². The van der Waals surface area contributed by atoms with Crippen LogP contribution in [-0.4, -0.2) is 24.0 Å². The van der Waals surface area contributed by atoms with Gasteiger partial charge in [-0.1, -0.05) is 0 Å². The number of hydrogen-bond acceptors (Lipinski definition) is 3. The van der Waals surface area contributed by atoms with Gasteiger partial charge in [0.1, 0.15) is 0 Å². The summed E-state index contributed by atoms with van der Waals surface area (Å²) in [5, 5.41) is 2.26. The van der Waals surface area contributed by atoms with E-state index in [2.05, 4.69) is 10.3 Å². The fourth-order valence-electron chi connectivity index (χ4n) is 1.10. The van der Waals surface area contributed by atoms with E-state index in [1.165, 1.54) is 0 Å². The number of nitrogens with two attached hydrogens (primary N) is 1. The third kappa shape index (κ3) is 2.93. The number of halogens is 3. The van der Waals surface area contributed by atoms with Crippen molar-refractivity contribution in [2.75, 3.05) is 13.1 Å². The number of pyridine rings is 1. The molecule has 1 aromatic rings. The molecule has 0 aromatic carbocycles. The lowest BCUT2D eigenvalue weighted by Gasteiger charge is -2.11. The van der Waals surface area contributed by atoms with Gasteiger partial charge in [-0.15, -0.1) is 0 Å². The van der Waals surface area contributed by atoms with E-state index in [-0.39, 0.29) is 13.1 Å². The number of nitrogens with one attached hydrogen (secondary N) is 1. The maximum absolute atomic E-state index is 12.5. The van der Waals surface area contributed by atoms with Gasteiger partial charge in [0, 0.05) is 25.5 Å². The van der Waals surface area contributed by atoms with Crippen LogP contribution in [0.5, 0.6) is 0 Å². The molecule has 0 fully saturated rings. The molecule has 0 radical (unpaired) electrons. The SMILES string of the molecule is NCCNC(=O)c1cnccc1C(F)(F)F. The number of carbonyl (C=O) groups excluding carboxylic acids is 1. The summed E-state index contributed by atoms with van der Waals surface area (Å²) in [6, 6.07) is 0.761. The first-order valence-corrected chi connectivity index (χ1v) is 4.46. The lowest BCUT2D eigenvalue weighted by Crippen LogP contribution is -2.30. The molecule has 88 valence electrons. The largest absolute Gasteiger partial charge is 0.417 e. The second-order valence-corrected chi connectivity index (χ2v) is 2.96. The summed E-state index contributed by atoms with van der Waals surface area (Å²) in [5.41, 5.74) is 3.63. The molecule has 1 rings (SSSR count). The van der Waals surface area contributed by atoms with Crippen LogP contribution in [0.4, 0.5) is 13.2 Å². The summed E-state index contributed by atoms with van der Waals surface area (Å²) in [7, 11) is 0. The molecule has 0 spiro atoms. The van der Waals surface area contributed by atoms with E-state index in [1.54, 1.807) is 0 Å². The minimum absolute atomic E-state index is 0.116. The summed E-state index contributed by atoms with van der Waals surface area (Å²) in [6.07, 6.45) is -2.70. The van der Waals surface area contributed by atoms with Crippen molar-refractivity contribution in [3.63, 3.8) is 0 Å². The topological polar surface area (TPSA) is 68.0 Å². The first kappa shape index (κ1) is 12.4. The zero-order chi connectivity index (χ0) is 12.2. The number of amides is 1. The molecule has 7 heteroatoms. The summed E-state index contributed by atoms with van der Waals surface area (Å²) in [4.78, 5) is 14.9. The van der Waals surface area contributed by atoms with Crippen molar-refractivity contribution in [2.24, 2.45) is 5.73 Å². The van der Waals surface area contributed by atoms with E-state index < -0.39 is 23.2 Å². The Morgan fingerprint density at radius 3 is 2.75 bits per heavy atom. The molecule has 0 saturated heterocycles. The normalized spacial score (nSPS) is 11.2. The molecule has 16 heavy (non-hydrogen) atoms. The molecule has 0 aliphatic heterocycles. The van der Waals surface area contributed by atoms with Crippen LogP contribution in [0.2, 0.25) is 0 Å². The Kier molecular flexibility index (Phi) is 3.83. The average molecular weight is 233 g/mol. The lowest BCUT2D eigenvalue weighted by molar-refractivity contribution is -0.138. The van der Waals surface area contributed by atoms with E-state index in [0.717, 1.165) is 18.5 Å². The second kappa shape index (κ2) is 4.93. The quantitative estimate of drug-likeness (QED) is 0.811. The molecule has 1 amide bonds. The summed E-state index contributed by atoms with van der Waals surface area (Å²) < 4.78 is 37.5. The van der Waals surface area contributed by atoms with Crippen LogP contribution in [0.1, 0.15) is 15.9 Å². The molecule has 0 aliphatic rings. The third-order valence-corrected chi connectivity index (χ3v) is 1.80. The van der Waals surface area contributed by atoms with E-state index >= 15 is 0 Å². The van der Waals surface area contributed by atoms with Crippen molar-refractivity contribution in [1.82, 2.24) is 10.3 Å². The molecule has 1 heterocycles. The Morgan fingerprint density at radius 1 is 1.50 bits per heavy atom. The number of hydrogen-bond donors (Lipinski definition) is 2. The minimum Gasteiger partial charge on any atom is -0.351 e. The summed E-state index contributed by atoms with van der Waals surface area (Å²) >= 11 is 0. The predicted molar refractivity (Wildman–Crippen MR) is 50.6 cm³/mol. The molecule has 1 aromatic heterocycles. The van der Waals surface area contributed by atoms with Crippen molar-refractivity contribution in [3.8, 4) is 0 Å². The van der Waals surface area contributed by atoms with Crippen LogP contribution in [0, 0.1) is 0 Å². The fourth-order valence-corrected chi connectivity index (χ4v) is 1.10. The van der Waals surface area contributed by atoms with Gasteiger partial charge in [0.25, 0.3) is 5.91 Å². The molecule has 0 bridgehead atoms. The van der Waals surface area contributed by atoms with E-state index in [1.807, 2.05) is 0 Å². The Hall–Kier alpha value is -1.63. The molecule has 4 nitrogen and oxygen atoms in total. The number of aromatic nitrogens is 1. The van der Waals surface area contributed by atoms with Gasteiger partial charge < -0.3 is 11.1 Å². The second-order valence-electron chi connectivity index (χ2n) is 2.96. The number of alkyl halides is 3. The fraction of sp³-hybridized carbons (Fsp3) is 0.333. The highest BCUT2D eigenvalue weighted by Crippen LogP contribution is 2.31. The van der Waals surface area contributed by atoms with Gasteiger partial charge in [-0.3, -0.25) is 9.78 Å². The van der Waals surface area contributed by atoms with Crippen LogP contribution in [0.25, 0.3) is 0 Å². The molecule has 0 atom stereocenters. The van der Waals surface area contributed by atoms with Crippen LogP contribution in [0.15, 0.2) is 18.5 Å². The highest BCUT2D eigenvalue weighted by atomic mass is 19.4.